The summed E-state index contributed by atoms with van der Waals surface area (Å²) < 4.78 is 15.6. The van der Waals surface area contributed by atoms with Gasteiger partial charge in [0.05, 0.1) is 24.3 Å². The summed E-state index contributed by atoms with van der Waals surface area (Å²) in [5.41, 5.74) is 0.503. The molecule has 0 saturated heterocycles. The molecule has 5 heteroatoms. The highest BCUT2D eigenvalue weighted by Crippen LogP contribution is 2.19. The van der Waals surface area contributed by atoms with Gasteiger partial charge in [-0.05, 0) is 37.8 Å². The van der Waals surface area contributed by atoms with Crippen LogP contribution in [0.15, 0.2) is 24.3 Å². The van der Waals surface area contributed by atoms with Gasteiger partial charge in [-0.2, -0.15) is 0 Å². The van der Waals surface area contributed by atoms with E-state index >= 15 is 0 Å². The smallest absolute Gasteiger partial charge is 0.339 e. The van der Waals surface area contributed by atoms with E-state index in [1.54, 1.807) is 38.3 Å². The first kappa shape index (κ1) is 22.2. The van der Waals surface area contributed by atoms with Crippen molar-refractivity contribution >= 4 is 11.9 Å². The van der Waals surface area contributed by atoms with Crippen molar-refractivity contribution in [3.8, 4) is 0 Å². The Balaban J connectivity index is 2.57. The van der Waals surface area contributed by atoms with Crippen molar-refractivity contribution in [2.45, 2.75) is 52.4 Å². The molecule has 0 radical (unpaired) electrons. The van der Waals surface area contributed by atoms with Gasteiger partial charge in [0.1, 0.15) is 0 Å². The summed E-state index contributed by atoms with van der Waals surface area (Å²) in [6, 6.07) is 6.60. The van der Waals surface area contributed by atoms with Gasteiger partial charge in [-0.15, -0.1) is 0 Å². The normalized spacial score (nSPS) is 11.8. The Morgan fingerprint density at radius 3 is 2.08 bits per heavy atom. The number of benzene rings is 1. The first-order valence-electron chi connectivity index (χ1n) is 9.56. The molecule has 0 saturated carbocycles. The zero-order valence-corrected chi connectivity index (χ0v) is 16.3. The molecule has 1 atom stereocenters. The minimum Gasteiger partial charge on any atom is -0.462 e. The van der Waals surface area contributed by atoms with Crippen LogP contribution in [-0.2, 0) is 14.2 Å². The van der Waals surface area contributed by atoms with E-state index in [2.05, 4.69) is 6.92 Å². The molecule has 1 rings (SSSR count). The largest absolute Gasteiger partial charge is 0.462 e. The summed E-state index contributed by atoms with van der Waals surface area (Å²) in [6.07, 6.45) is 6.49. The Labute approximate surface area is 157 Å². The number of rotatable bonds is 13. The summed E-state index contributed by atoms with van der Waals surface area (Å²) in [7, 11) is 1.70. The molecule has 0 aliphatic rings. The van der Waals surface area contributed by atoms with Crippen LogP contribution in [0.25, 0.3) is 0 Å². The molecule has 0 heterocycles. The molecular formula is C21H32O5. The average Bonchev–Trinajstić information content (AvgIpc) is 2.65. The zero-order valence-electron chi connectivity index (χ0n) is 16.3. The van der Waals surface area contributed by atoms with Crippen LogP contribution in [0, 0.1) is 5.92 Å². The number of carbonyl (C=O) groups is 2. The molecule has 26 heavy (non-hydrogen) atoms. The van der Waals surface area contributed by atoms with E-state index in [-0.39, 0.29) is 17.7 Å². The van der Waals surface area contributed by atoms with E-state index in [0.717, 1.165) is 25.9 Å². The monoisotopic (exact) mass is 364 g/mol. The van der Waals surface area contributed by atoms with Gasteiger partial charge in [0.2, 0.25) is 0 Å². The van der Waals surface area contributed by atoms with E-state index in [1.165, 1.54) is 19.3 Å². The first-order valence-corrected chi connectivity index (χ1v) is 9.56. The molecular weight excluding hydrogens is 332 g/mol. The standard InChI is InChI=1S/C21H32O5/c1-4-6-7-10-17(13-15-24-3)14-16-26-21(23)19-12-9-8-11-18(19)20(22)25-5-2/h8-9,11-12,17H,4-7,10,13-16H2,1-3H3. The van der Waals surface area contributed by atoms with E-state index < -0.39 is 11.9 Å². The number of esters is 2. The maximum atomic E-state index is 12.4. The third kappa shape index (κ3) is 8.00. The van der Waals surface area contributed by atoms with Crippen LogP contribution in [-0.4, -0.2) is 38.9 Å². The highest BCUT2D eigenvalue weighted by Gasteiger charge is 2.19. The van der Waals surface area contributed by atoms with Gasteiger partial charge in [0.15, 0.2) is 0 Å². The first-order chi connectivity index (χ1) is 12.6. The lowest BCUT2D eigenvalue weighted by molar-refractivity contribution is 0.0444. The van der Waals surface area contributed by atoms with Crippen molar-refractivity contribution in [1.29, 1.82) is 0 Å². The second-order valence-corrected chi connectivity index (χ2v) is 6.33. The number of methoxy groups -OCH3 is 1. The fourth-order valence-corrected chi connectivity index (χ4v) is 2.84. The van der Waals surface area contributed by atoms with Crippen LogP contribution in [0.2, 0.25) is 0 Å². The summed E-state index contributed by atoms with van der Waals surface area (Å²) in [4.78, 5) is 24.3. The van der Waals surface area contributed by atoms with Crippen LogP contribution >= 0.6 is 0 Å². The quantitative estimate of drug-likeness (QED) is 0.377. The minimum absolute atomic E-state index is 0.248. The molecule has 0 aromatic heterocycles. The van der Waals surface area contributed by atoms with Gasteiger partial charge in [-0.3, -0.25) is 0 Å². The number of ether oxygens (including phenoxy) is 3. The van der Waals surface area contributed by atoms with Gasteiger partial charge < -0.3 is 14.2 Å². The van der Waals surface area contributed by atoms with E-state index in [1.807, 2.05) is 0 Å². The topological polar surface area (TPSA) is 61.8 Å². The van der Waals surface area contributed by atoms with Crippen LogP contribution < -0.4 is 0 Å². The second kappa shape index (κ2) is 13.3. The van der Waals surface area contributed by atoms with Gasteiger partial charge in [0.25, 0.3) is 0 Å². The zero-order chi connectivity index (χ0) is 19.2. The maximum Gasteiger partial charge on any atom is 0.339 e. The molecule has 0 amide bonds. The van der Waals surface area contributed by atoms with Gasteiger partial charge in [-0.25, -0.2) is 9.59 Å². The molecule has 0 fully saturated rings. The average molecular weight is 364 g/mol. The van der Waals surface area contributed by atoms with Crippen molar-refractivity contribution in [2.75, 3.05) is 26.9 Å². The van der Waals surface area contributed by atoms with Crippen LogP contribution in [0.1, 0.15) is 73.1 Å². The Bertz CT molecular complexity index is 541. The number of hydrogen-bond acceptors (Lipinski definition) is 5. The van der Waals surface area contributed by atoms with Crippen molar-refractivity contribution in [3.63, 3.8) is 0 Å². The lowest BCUT2D eigenvalue weighted by Gasteiger charge is -2.16. The Kier molecular flexibility index (Phi) is 11.4. The molecule has 146 valence electrons. The van der Waals surface area contributed by atoms with Crippen molar-refractivity contribution < 1.29 is 23.8 Å². The van der Waals surface area contributed by atoms with Gasteiger partial charge in [0, 0.05) is 13.7 Å². The fourth-order valence-electron chi connectivity index (χ4n) is 2.84. The van der Waals surface area contributed by atoms with Crippen molar-refractivity contribution in [2.24, 2.45) is 5.92 Å². The summed E-state index contributed by atoms with van der Waals surface area (Å²) in [5.74, 6) is -0.500. The van der Waals surface area contributed by atoms with Gasteiger partial charge >= 0.3 is 11.9 Å². The Hall–Kier alpha value is -1.88. The molecule has 0 N–H and O–H groups in total. The SMILES string of the molecule is CCCCCC(CCOC)CCOC(=O)c1ccccc1C(=O)OCC. The van der Waals surface area contributed by atoms with Crippen LogP contribution in [0.4, 0.5) is 0 Å². The van der Waals surface area contributed by atoms with E-state index in [0.29, 0.717) is 12.5 Å². The second-order valence-electron chi connectivity index (χ2n) is 6.33. The van der Waals surface area contributed by atoms with Crippen LogP contribution in [0.3, 0.4) is 0 Å². The predicted octanol–water partition coefficient (Wildman–Crippen LogP) is 4.64. The molecule has 0 aliphatic carbocycles. The van der Waals surface area contributed by atoms with Crippen LogP contribution in [0.5, 0.6) is 0 Å². The molecule has 1 aromatic carbocycles. The summed E-state index contributed by atoms with van der Waals surface area (Å²) in [5, 5.41) is 0. The van der Waals surface area contributed by atoms with Crippen molar-refractivity contribution in [3.05, 3.63) is 35.4 Å². The predicted molar refractivity (Wildman–Crippen MR) is 101 cm³/mol. The maximum absolute atomic E-state index is 12.4. The molecule has 1 unspecified atom stereocenters. The third-order valence-corrected chi connectivity index (χ3v) is 4.35. The lowest BCUT2D eigenvalue weighted by Crippen LogP contribution is -2.16. The van der Waals surface area contributed by atoms with E-state index in [4.69, 9.17) is 14.2 Å². The highest BCUT2D eigenvalue weighted by atomic mass is 16.5. The van der Waals surface area contributed by atoms with Gasteiger partial charge in [-0.1, -0.05) is 44.7 Å². The summed E-state index contributed by atoms with van der Waals surface area (Å²) >= 11 is 0. The highest BCUT2D eigenvalue weighted by molar-refractivity contribution is 6.03. The Morgan fingerprint density at radius 2 is 1.50 bits per heavy atom. The number of carbonyl (C=O) groups excluding carboxylic acids is 2. The molecule has 0 aliphatic heterocycles. The lowest BCUT2D eigenvalue weighted by atomic mass is 9.95. The molecule has 0 bridgehead atoms. The van der Waals surface area contributed by atoms with Crippen molar-refractivity contribution in [1.82, 2.24) is 0 Å². The molecule has 0 spiro atoms. The molecule has 5 nitrogen and oxygen atoms in total. The number of hydrogen-bond donors (Lipinski definition) is 0. The summed E-state index contributed by atoms with van der Waals surface area (Å²) in [6.45, 7) is 5.25. The van der Waals surface area contributed by atoms with E-state index in [9.17, 15) is 9.59 Å². The minimum atomic E-state index is -0.502. The number of unbranched alkanes of at least 4 members (excludes halogenated alkanes) is 2. The Morgan fingerprint density at radius 1 is 0.885 bits per heavy atom. The fraction of sp³-hybridized carbons (Fsp3) is 0.619. The molecule has 1 aromatic rings. The third-order valence-electron chi connectivity index (χ3n) is 4.35.